The van der Waals surface area contributed by atoms with Crippen LogP contribution in [-0.4, -0.2) is 20.3 Å². The van der Waals surface area contributed by atoms with Crippen LogP contribution in [-0.2, 0) is 0 Å². The van der Waals surface area contributed by atoms with E-state index >= 15 is 0 Å². The summed E-state index contributed by atoms with van der Waals surface area (Å²) in [5.74, 6) is -0.0948. The molecule has 0 bridgehead atoms. The monoisotopic (exact) mass is 261 g/mol. The van der Waals surface area contributed by atoms with Crippen molar-refractivity contribution in [2.75, 3.05) is 5.32 Å². The summed E-state index contributed by atoms with van der Waals surface area (Å²) in [5, 5.41) is 31.3. The first-order chi connectivity index (χ1) is 8.58. The van der Waals surface area contributed by atoms with Gasteiger partial charge in [-0.25, -0.2) is 0 Å². The molecule has 4 nitrogen and oxygen atoms in total. The van der Waals surface area contributed by atoms with Crippen LogP contribution in [0.25, 0.3) is 0 Å². The minimum atomic E-state index is -0.122. The van der Waals surface area contributed by atoms with Crippen LogP contribution in [0.1, 0.15) is 5.56 Å². The Balaban J connectivity index is 2.25. The highest BCUT2D eigenvalue weighted by Crippen LogP contribution is 2.26. The molecule has 0 aliphatic heterocycles. The number of rotatable bonds is 2. The van der Waals surface area contributed by atoms with Crippen LogP contribution in [0.15, 0.2) is 42.5 Å². The molecule has 18 heavy (non-hydrogen) atoms. The van der Waals surface area contributed by atoms with Gasteiger partial charge in [-0.1, -0.05) is 24.4 Å². The van der Waals surface area contributed by atoms with Crippen molar-refractivity contribution in [2.45, 2.75) is 0 Å². The summed E-state index contributed by atoms with van der Waals surface area (Å²) in [7, 11) is 0. The van der Waals surface area contributed by atoms with Gasteiger partial charge in [0, 0.05) is 6.07 Å². The van der Waals surface area contributed by atoms with Crippen molar-refractivity contribution < 1.29 is 15.3 Å². The Hall–Kier alpha value is -2.27. The van der Waals surface area contributed by atoms with E-state index in [1.54, 1.807) is 18.2 Å². The predicted molar refractivity (Wildman–Crippen MR) is 73.2 cm³/mol. The van der Waals surface area contributed by atoms with Crippen LogP contribution in [0, 0.1) is 0 Å². The highest BCUT2D eigenvalue weighted by molar-refractivity contribution is 7.81. The van der Waals surface area contributed by atoms with Crippen LogP contribution in [0.2, 0.25) is 0 Å². The van der Waals surface area contributed by atoms with Gasteiger partial charge < -0.3 is 20.6 Å². The third-order valence-corrected chi connectivity index (χ3v) is 2.70. The molecular weight excluding hydrogens is 250 g/mol. The molecule has 0 heterocycles. The lowest BCUT2D eigenvalue weighted by molar-refractivity contribution is 0.450. The van der Waals surface area contributed by atoms with Crippen LogP contribution in [0.3, 0.4) is 0 Å². The lowest BCUT2D eigenvalue weighted by Gasteiger charge is -2.10. The molecule has 0 saturated carbocycles. The topological polar surface area (TPSA) is 72.7 Å². The fourth-order valence-corrected chi connectivity index (χ4v) is 1.76. The number of benzene rings is 2. The lowest BCUT2D eigenvalue weighted by atomic mass is 10.2. The maximum atomic E-state index is 9.66. The molecular formula is C13H11NO3S. The van der Waals surface area contributed by atoms with Gasteiger partial charge in [-0.05, 0) is 24.3 Å². The summed E-state index contributed by atoms with van der Waals surface area (Å²) in [4.78, 5) is 0.258. The Morgan fingerprint density at radius 1 is 0.944 bits per heavy atom. The fraction of sp³-hybridized carbons (Fsp3) is 0. The zero-order valence-corrected chi connectivity index (χ0v) is 10.1. The van der Waals surface area contributed by atoms with Gasteiger partial charge in [0.25, 0.3) is 0 Å². The quantitative estimate of drug-likeness (QED) is 0.494. The van der Waals surface area contributed by atoms with Crippen molar-refractivity contribution in [3.63, 3.8) is 0 Å². The van der Waals surface area contributed by atoms with E-state index in [0.29, 0.717) is 11.3 Å². The van der Waals surface area contributed by atoms with E-state index in [0.717, 1.165) is 0 Å². The normalized spacial score (nSPS) is 10.0. The Morgan fingerprint density at radius 2 is 1.67 bits per heavy atom. The second-order valence-corrected chi connectivity index (χ2v) is 4.08. The van der Waals surface area contributed by atoms with E-state index in [-0.39, 0.29) is 22.2 Å². The summed E-state index contributed by atoms with van der Waals surface area (Å²) in [6.07, 6.45) is 0. The molecule has 0 atom stereocenters. The Kier molecular flexibility index (Phi) is 3.34. The smallest absolute Gasteiger partial charge is 0.139 e. The van der Waals surface area contributed by atoms with Crippen molar-refractivity contribution in [3.05, 3.63) is 48.0 Å². The number of para-hydroxylation sites is 2. The third-order valence-electron chi connectivity index (χ3n) is 2.38. The largest absolute Gasteiger partial charge is 0.508 e. The third kappa shape index (κ3) is 2.52. The zero-order valence-electron chi connectivity index (χ0n) is 9.29. The summed E-state index contributed by atoms with van der Waals surface area (Å²) in [5.41, 5.74) is 0.834. The number of anilines is 1. The van der Waals surface area contributed by atoms with Gasteiger partial charge >= 0.3 is 0 Å². The number of phenolic OH excluding ortho intramolecular Hbond substituents is 3. The second kappa shape index (κ2) is 4.93. The minimum absolute atomic E-state index is 0.0402. The molecule has 2 rings (SSSR count). The highest BCUT2D eigenvalue weighted by atomic mass is 32.1. The molecule has 2 aromatic carbocycles. The first-order valence-electron chi connectivity index (χ1n) is 5.19. The SMILES string of the molecule is Oc1ccc(C(=S)Nc2ccccc2O)c(O)c1. The molecule has 5 heteroatoms. The average Bonchev–Trinajstić information content (AvgIpc) is 2.32. The van der Waals surface area contributed by atoms with Crippen LogP contribution >= 0.6 is 12.2 Å². The van der Waals surface area contributed by atoms with Crippen LogP contribution < -0.4 is 5.32 Å². The van der Waals surface area contributed by atoms with Gasteiger partial charge in [0.05, 0.1) is 11.3 Å². The maximum absolute atomic E-state index is 9.66. The molecule has 4 N–H and O–H groups in total. The molecule has 0 amide bonds. The van der Waals surface area contributed by atoms with Crippen molar-refractivity contribution >= 4 is 22.9 Å². The molecule has 0 fully saturated rings. The minimum Gasteiger partial charge on any atom is -0.508 e. The summed E-state index contributed by atoms with van der Waals surface area (Å²) < 4.78 is 0. The average molecular weight is 261 g/mol. The molecule has 0 aliphatic rings. The van der Waals surface area contributed by atoms with Crippen molar-refractivity contribution in [1.82, 2.24) is 0 Å². The molecule has 0 spiro atoms. The molecule has 0 radical (unpaired) electrons. The van der Waals surface area contributed by atoms with Crippen molar-refractivity contribution in [1.29, 1.82) is 0 Å². The molecule has 0 aromatic heterocycles. The molecule has 2 aromatic rings. The number of aromatic hydroxyl groups is 3. The standard InChI is InChI=1S/C13H11NO3S/c15-8-5-6-9(12(17)7-8)13(18)14-10-3-1-2-4-11(10)16/h1-7,15-17H,(H,14,18). The van der Waals surface area contributed by atoms with Crippen LogP contribution in [0.4, 0.5) is 5.69 Å². The number of nitrogens with one attached hydrogen (secondary N) is 1. The molecule has 92 valence electrons. The van der Waals surface area contributed by atoms with Crippen LogP contribution in [0.5, 0.6) is 17.2 Å². The van der Waals surface area contributed by atoms with Gasteiger partial charge in [0.1, 0.15) is 22.2 Å². The van der Waals surface area contributed by atoms with Crippen molar-refractivity contribution in [3.8, 4) is 17.2 Å². The molecule has 0 saturated heterocycles. The lowest BCUT2D eigenvalue weighted by Crippen LogP contribution is -2.10. The van der Waals surface area contributed by atoms with E-state index in [1.807, 2.05) is 0 Å². The Labute approximate surface area is 109 Å². The van der Waals surface area contributed by atoms with Crippen molar-refractivity contribution in [2.24, 2.45) is 0 Å². The second-order valence-electron chi connectivity index (χ2n) is 3.67. The molecule has 0 aliphatic carbocycles. The number of hydrogen-bond donors (Lipinski definition) is 4. The number of thiocarbonyl (C=S) groups is 1. The summed E-state index contributed by atoms with van der Waals surface area (Å²) >= 11 is 5.13. The van der Waals surface area contributed by atoms with Gasteiger partial charge in [0.2, 0.25) is 0 Å². The highest BCUT2D eigenvalue weighted by Gasteiger charge is 2.09. The first-order valence-corrected chi connectivity index (χ1v) is 5.60. The maximum Gasteiger partial charge on any atom is 0.139 e. The zero-order chi connectivity index (χ0) is 13.1. The molecule has 0 unspecified atom stereocenters. The van der Waals surface area contributed by atoms with Gasteiger partial charge in [-0.15, -0.1) is 0 Å². The van der Waals surface area contributed by atoms with E-state index in [1.165, 1.54) is 24.3 Å². The summed E-state index contributed by atoms with van der Waals surface area (Å²) in [6.45, 7) is 0. The van der Waals surface area contributed by atoms with E-state index < -0.39 is 0 Å². The van der Waals surface area contributed by atoms with Gasteiger partial charge in [0.15, 0.2) is 0 Å². The Morgan fingerprint density at radius 3 is 2.33 bits per heavy atom. The predicted octanol–water partition coefficient (Wildman–Crippen LogP) is 2.59. The summed E-state index contributed by atoms with van der Waals surface area (Å²) in [6, 6.07) is 10.8. The van der Waals surface area contributed by atoms with E-state index in [4.69, 9.17) is 12.2 Å². The number of phenols is 3. The fourth-order valence-electron chi connectivity index (χ4n) is 1.48. The van der Waals surface area contributed by atoms with Gasteiger partial charge in [-0.2, -0.15) is 0 Å². The van der Waals surface area contributed by atoms with Gasteiger partial charge in [-0.3, -0.25) is 0 Å². The number of hydrogen-bond acceptors (Lipinski definition) is 4. The first kappa shape index (κ1) is 12.2. The van der Waals surface area contributed by atoms with E-state index in [9.17, 15) is 15.3 Å². The van der Waals surface area contributed by atoms with E-state index in [2.05, 4.69) is 5.32 Å². The Bertz CT molecular complexity index is 599.